The molecule has 3 rings (SSSR count). The van der Waals surface area contributed by atoms with Crippen LogP contribution in [0.4, 0.5) is 0 Å². The van der Waals surface area contributed by atoms with Crippen LogP contribution in [0.5, 0.6) is 0 Å². The molecule has 0 spiro atoms. The smallest absolute Gasteiger partial charge is 0.343 e. The van der Waals surface area contributed by atoms with Gasteiger partial charge in [-0.1, -0.05) is 30.3 Å². The number of carbonyl (C=O) groups excluding carboxylic acids is 2. The molecule has 3 N–H and O–H groups in total. The zero-order valence-corrected chi connectivity index (χ0v) is 17.1. The SMILES string of the molecule is COC(=O)c1cn(CCc2ccccc2)cc(C(=O)N[C@@H]2CC[C@@H](N)C2)c1=O.Cl. The van der Waals surface area contributed by atoms with Crippen molar-refractivity contribution in [3.8, 4) is 0 Å². The summed E-state index contributed by atoms with van der Waals surface area (Å²) in [6.45, 7) is 0.517. The van der Waals surface area contributed by atoms with Gasteiger partial charge in [-0.3, -0.25) is 9.59 Å². The lowest BCUT2D eigenvalue weighted by Gasteiger charge is -2.15. The standard InChI is InChI=1S/C21H25N3O4.ClH/c1-28-21(27)18-13-24(10-9-14-5-3-2-4-6-14)12-17(19(18)25)20(26)23-16-8-7-15(22)11-16;/h2-6,12-13,15-16H,7-11,22H2,1H3,(H,23,26);1H/t15-,16-;/m1./s1. The summed E-state index contributed by atoms with van der Waals surface area (Å²) < 4.78 is 6.41. The van der Waals surface area contributed by atoms with Gasteiger partial charge in [0.15, 0.2) is 0 Å². The fraction of sp³-hybridized carbons (Fsp3) is 0.381. The molecule has 2 aromatic rings. The van der Waals surface area contributed by atoms with E-state index in [2.05, 4.69) is 5.32 Å². The van der Waals surface area contributed by atoms with Crippen molar-refractivity contribution >= 4 is 24.3 Å². The number of nitrogens with two attached hydrogens (primary N) is 1. The molecule has 0 unspecified atom stereocenters. The van der Waals surface area contributed by atoms with Gasteiger partial charge < -0.3 is 20.4 Å². The summed E-state index contributed by atoms with van der Waals surface area (Å²) in [6, 6.07) is 9.85. The van der Waals surface area contributed by atoms with Crippen molar-refractivity contribution in [1.29, 1.82) is 0 Å². The van der Waals surface area contributed by atoms with Gasteiger partial charge in [0.2, 0.25) is 5.43 Å². The Morgan fingerprint density at radius 3 is 2.48 bits per heavy atom. The number of benzene rings is 1. The second kappa shape index (κ2) is 10.2. The van der Waals surface area contributed by atoms with Crippen molar-refractivity contribution < 1.29 is 14.3 Å². The number of nitrogens with one attached hydrogen (secondary N) is 1. The van der Waals surface area contributed by atoms with E-state index in [1.807, 2.05) is 30.3 Å². The number of hydrogen-bond acceptors (Lipinski definition) is 5. The first kappa shape index (κ1) is 22.6. The molecule has 0 aliphatic heterocycles. The monoisotopic (exact) mass is 419 g/mol. The first-order valence-electron chi connectivity index (χ1n) is 9.40. The Morgan fingerprint density at radius 2 is 1.86 bits per heavy atom. The number of aryl methyl sites for hydroxylation is 2. The molecule has 1 fully saturated rings. The number of ether oxygens (including phenoxy) is 1. The first-order valence-corrected chi connectivity index (χ1v) is 9.40. The summed E-state index contributed by atoms with van der Waals surface area (Å²) in [4.78, 5) is 37.4. The molecular formula is C21H26ClN3O4. The van der Waals surface area contributed by atoms with Crippen LogP contribution < -0.4 is 16.5 Å². The van der Waals surface area contributed by atoms with Crippen LogP contribution in [-0.2, 0) is 17.7 Å². The summed E-state index contributed by atoms with van der Waals surface area (Å²) in [6.07, 6.45) is 5.95. The lowest BCUT2D eigenvalue weighted by Crippen LogP contribution is -2.38. The summed E-state index contributed by atoms with van der Waals surface area (Å²) in [5.41, 5.74) is 6.18. The minimum absolute atomic E-state index is 0. The quantitative estimate of drug-likeness (QED) is 0.696. The van der Waals surface area contributed by atoms with Gasteiger partial charge in [-0.25, -0.2) is 4.79 Å². The molecule has 1 heterocycles. The molecule has 1 amide bonds. The van der Waals surface area contributed by atoms with Gasteiger partial charge in [0.1, 0.15) is 11.1 Å². The third-order valence-electron chi connectivity index (χ3n) is 5.04. The molecule has 7 nitrogen and oxygen atoms in total. The minimum Gasteiger partial charge on any atom is -0.465 e. The maximum Gasteiger partial charge on any atom is 0.343 e. The second-order valence-corrected chi connectivity index (χ2v) is 7.12. The predicted molar refractivity (Wildman–Crippen MR) is 113 cm³/mol. The van der Waals surface area contributed by atoms with Crippen molar-refractivity contribution in [3.63, 3.8) is 0 Å². The highest BCUT2D eigenvalue weighted by Crippen LogP contribution is 2.17. The molecule has 1 saturated carbocycles. The molecule has 1 aliphatic carbocycles. The highest BCUT2D eigenvalue weighted by Gasteiger charge is 2.26. The van der Waals surface area contributed by atoms with Gasteiger partial charge in [-0.05, 0) is 31.2 Å². The maximum absolute atomic E-state index is 12.7. The summed E-state index contributed by atoms with van der Waals surface area (Å²) in [5, 5.41) is 2.87. The van der Waals surface area contributed by atoms with E-state index in [1.54, 1.807) is 4.57 Å². The van der Waals surface area contributed by atoms with E-state index in [9.17, 15) is 14.4 Å². The molecule has 0 bridgehead atoms. The van der Waals surface area contributed by atoms with Gasteiger partial charge >= 0.3 is 5.97 Å². The van der Waals surface area contributed by atoms with Crippen molar-refractivity contribution in [2.45, 2.75) is 44.3 Å². The Labute approximate surface area is 175 Å². The topological polar surface area (TPSA) is 103 Å². The number of aromatic nitrogens is 1. The highest BCUT2D eigenvalue weighted by atomic mass is 35.5. The molecule has 2 atom stereocenters. The molecule has 1 aromatic heterocycles. The van der Waals surface area contributed by atoms with Crippen molar-refractivity contribution in [1.82, 2.24) is 9.88 Å². The summed E-state index contributed by atoms with van der Waals surface area (Å²) >= 11 is 0. The highest BCUT2D eigenvalue weighted by molar-refractivity contribution is 5.97. The Bertz CT molecular complexity index is 914. The van der Waals surface area contributed by atoms with Gasteiger partial charge in [0.05, 0.1) is 7.11 Å². The lowest BCUT2D eigenvalue weighted by molar-refractivity contribution is 0.0598. The summed E-state index contributed by atoms with van der Waals surface area (Å²) in [7, 11) is 1.21. The fourth-order valence-corrected chi connectivity index (χ4v) is 3.49. The second-order valence-electron chi connectivity index (χ2n) is 7.12. The number of esters is 1. The fourth-order valence-electron chi connectivity index (χ4n) is 3.49. The Balaban J connectivity index is 0.00000300. The third-order valence-corrected chi connectivity index (χ3v) is 5.04. The Morgan fingerprint density at radius 1 is 1.17 bits per heavy atom. The van der Waals surface area contributed by atoms with E-state index in [0.717, 1.165) is 18.4 Å². The number of methoxy groups -OCH3 is 1. The number of pyridine rings is 1. The number of amides is 1. The molecule has 1 aromatic carbocycles. The number of hydrogen-bond donors (Lipinski definition) is 2. The Kier molecular flexibility index (Phi) is 7.99. The number of nitrogens with zero attached hydrogens (tertiary/aromatic N) is 1. The van der Waals surface area contributed by atoms with Crippen LogP contribution >= 0.6 is 12.4 Å². The summed E-state index contributed by atoms with van der Waals surface area (Å²) in [5.74, 6) is -1.24. The normalized spacial score (nSPS) is 18.0. The van der Waals surface area contributed by atoms with Crippen molar-refractivity contribution in [2.75, 3.05) is 7.11 Å². The van der Waals surface area contributed by atoms with Crippen molar-refractivity contribution in [2.24, 2.45) is 5.73 Å². The number of halogens is 1. The predicted octanol–water partition coefficient (Wildman–Crippen LogP) is 1.91. The lowest BCUT2D eigenvalue weighted by atomic mass is 10.1. The molecular weight excluding hydrogens is 394 g/mol. The van der Waals surface area contributed by atoms with Crippen LogP contribution in [0.1, 0.15) is 45.5 Å². The average Bonchev–Trinajstić information content (AvgIpc) is 3.11. The van der Waals surface area contributed by atoms with Crippen molar-refractivity contribution in [3.05, 3.63) is 69.6 Å². The minimum atomic E-state index is -0.754. The van der Waals surface area contributed by atoms with Crippen LogP contribution in [0.3, 0.4) is 0 Å². The number of carbonyl (C=O) groups is 2. The zero-order chi connectivity index (χ0) is 20.1. The molecule has 29 heavy (non-hydrogen) atoms. The van der Waals surface area contributed by atoms with E-state index in [0.29, 0.717) is 19.4 Å². The van der Waals surface area contributed by atoms with E-state index in [4.69, 9.17) is 10.5 Å². The first-order chi connectivity index (χ1) is 13.5. The van der Waals surface area contributed by atoms with Gasteiger partial charge in [0.25, 0.3) is 5.91 Å². The van der Waals surface area contributed by atoms with E-state index in [1.165, 1.54) is 19.5 Å². The molecule has 156 valence electrons. The maximum atomic E-state index is 12.7. The van der Waals surface area contributed by atoms with Crippen LogP contribution in [0, 0.1) is 0 Å². The van der Waals surface area contributed by atoms with Gasteiger partial charge in [-0.15, -0.1) is 12.4 Å². The molecule has 8 heteroatoms. The molecule has 0 saturated heterocycles. The van der Waals surface area contributed by atoms with E-state index in [-0.39, 0.29) is 35.6 Å². The van der Waals surface area contributed by atoms with Gasteiger partial charge in [-0.2, -0.15) is 0 Å². The number of rotatable bonds is 6. The Hall–Kier alpha value is -2.64. The largest absolute Gasteiger partial charge is 0.465 e. The van der Waals surface area contributed by atoms with Crippen LogP contribution in [0.2, 0.25) is 0 Å². The van der Waals surface area contributed by atoms with E-state index >= 15 is 0 Å². The van der Waals surface area contributed by atoms with Crippen LogP contribution in [-0.4, -0.2) is 35.6 Å². The van der Waals surface area contributed by atoms with Gasteiger partial charge in [0, 0.05) is 31.0 Å². The zero-order valence-electron chi connectivity index (χ0n) is 16.3. The van der Waals surface area contributed by atoms with Crippen LogP contribution in [0.15, 0.2) is 47.5 Å². The molecule has 1 aliphatic rings. The molecule has 0 radical (unpaired) electrons. The van der Waals surface area contributed by atoms with Crippen LogP contribution in [0.25, 0.3) is 0 Å². The third kappa shape index (κ3) is 5.68. The average molecular weight is 420 g/mol. The van der Waals surface area contributed by atoms with E-state index < -0.39 is 17.3 Å².